The van der Waals surface area contributed by atoms with E-state index in [4.69, 9.17) is 9.47 Å². The van der Waals surface area contributed by atoms with Gasteiger partial charge in [0, 0.05) is 0 Å². The molecule has 0 radical (unpaired) electrons. The summed E-state index contributed by atoms with van der Waals surface area (Å²) in [6.07, 6.45) is 42.6. The monoisotopic (exact) mass is 912 g/mol. The molecule has 1 amide bonds. The minimum absolute atomic E-state index is 0.254. The Morgan fingerprint density at radius 3 is 1.27 bits per heavy atom. The minimum Gasteiger partial charge on any atom is -0.394 e. The van der Waals surface area contributed by atoms with E-state index in [1.165, 1.54) is 180 Å². The third kappa shape index (κ3) is 33.4. The Balaban J connectivity index is 2.27. The number of unbranched alkanes of at least 4 members (excludes halogenated alkanes) is 34. The Morgan fingerprint density at radius 2 is 0.875 bits per heavy atom. The van der Waals surface area contributed by atoms with E-state index >= 15 is 0 Å². The van der Waals surface area contributed by atoms with Crippen molar-refractivity contribution in [2.75, 3.05) is 13.2 Å². The van der Waals surface area contributed by atoms with Crippen LogP contribution in [-0.2, 0) is 14.3 Å². The van der Waals surface area contributed by atoms with E-state index in [-0.39, 0.29) is 6.61 Å². The second-order valence-corrected chi connectivity index (χ2v) is 19.5. The molecule has 1 aliphatic heterocycles. The number of carbonyl (C=O) groups is 1. The summed E-state index contributed by atoms with van der Waals surface area (Å²) in [5.74, 6) is -0.583. The van der Waals surface area contributed by atoms with E-state index in [0.29, 0.717) is 12.8 Å². The molecule has 0 saturated carbocycles. The van der Waals surface area contributed by atoms with Crippen molar-refractivity contribution in [1.29, 1.82) is 0 Å². The molecular formula is C54H105NO9. The summed E-state index contributed by atoms with van der Waals surface area (Å²) >= 11 is 0. The lowest BCUT2D eigenvalue weighted by atomic mass is 9.99. The summed E-state index contributed by atoms with van der Waals surface area (Å²) < 4.78 is 11.2. The van der Waals surface area contributed by atoms with Crippen LogP contribution in [0.25, 0.3) is 0 Å². The van der Waals surface area contributed by atoms with Crippen molar-refractivity contribution in [3.63, 3.8) is 0 Å². The number of nitrogens with one attached hydrogen (secondary N) is 1. The fourth-order valence-electron chi connectivity index (χ4n) is 8.99. The van der Waals surface area contributed by atoms with Gasteiger partial charge in [0.2, 0.25) is 5.91 Å². The van der Waals surface area contributed by atoms with Crippen molar-refractivity contribution in [3.8, 4) is 0 Å². The van der Waals surface area contributed by atoms with Crippen molar-refractivity contribution >= 4 is 5.91 Å². The highest BCUT2D eigenvalue weighted by atomic mass is 16.7. The Morgan fingerprint density at radius 1 is 0.516 bits per heavy atom. The van der Waals surface area contributed by atoms with Crippen LogP contribution in [-0.4, -0.2) is 98.7 Å². The highest BCUT2D eigenvalue weighted by Gasteiger charge is 2.44. The van der Waals surface area contributed by atoms with Gasteiger partial charge in [-0.2, -0.15) is 0 Å². The van der Waals surface area contributed by atoms with Gasteiger partial charge in [-0.1, -0.05) is 238 Å². The normalized spacial score (nSPS) is 20.5. The van der Waals surface area contributed by atoms with Crippen LogP contribution in [0.5, 0.6) is 0 Å². The van der Waals surface area contributed by atoms with Crippen LogP contribution in [0.4, 0.5) is 0 Å². The molecule has 1 fully saturated rings. The van der Waals surface area contributed by atoms with Crippen LogP contribution < -0.4 is 5.32 Å². The Labute approximate surface area is 393 Å². The van der Waals surface area contributed by atoms with E-state index in [2.05, 4.69) is 31.3 Å². The number of allylic oxidation sites excluding steroid dienone is 2. The number of hydrogen-bond donors (Lipinski definition) is 7. The van der Waals surface area contributed by atoms with Crippen molar-refractivity contribution in [2.24, 2.45) is 0 Å². The molecule has 1 aliphatic rings. The van der Waals surface area contributed by atoms with Crippen molar-refractivity contribution < 1.29 is 44.9 Å². The van der Waals surface area contributed by atoms with E-state index in [1.54, 1.807) is 0 Å². The second kappa shape index (κ2) is 44.4. The molecule has 0 aromatic carbocycles. The lowest BCUT2D eigenvalue weighted by Gasteiger charge is -2.40. The van der Waals surface area contributed by atoms with Gasteiger partial charge < -0.3 is 45.4 Å². The average Bonchev–Trinajstić information content (AvgIpc) is 3.29. The van der Waals surface area contributed by atoms with E-state index < -0.39 is 61.5 Å². The van der Waals surface area contributed by atoms with E-state index in [0.717, 1.165) is 57.8 Å². The van der Waals surface area contributed by atoms with Crippen molar-refractivity contribution in [2.45, 2.75) is 313 Å². The van der Waals surface area contributed by atoms with Crippen molar-refractivity contribution in [1.82, 2.24) is 5.32 Å². The first-order chi connectivity index (χ1) is 31.3. The van der Waals surface area contributed by atoms with Gasteiger partial charge in [-0.05, 0) is 38.5 Å². The van der Waals surface area contributed by atoms with Gasteiger partial charge in [0.25, 0.3) is 0 Å². The fourth-order valence-corrected chi connectivity index (χ4v) is 8.99. The summed E-state index contributed by atoms with van der Waals surface area (Å²) in [6.45, 7) is 3.70. The first-order valence-corrected chi connectivity index (χ1v) is 27.5. The average molecular weight is 912 g/mol. The number of aliphatic hydroxyl groups excluding tert-OH is 6. The predicted octanol–water partition coefficient (Wildman–Crippen LogP) is 11.8. The Kier molecular flexibility index (Phi) is 42.3. The summed E-state index contributed by atoms with van der Waals surface area (Å²) in [4.78, 5) is 13.1. The number of amides is 1. The molecular weight excluding hydrogens is 807 g/mol. The van der Waals surface area contributed by atoms with Gasteiger partial charge in [-0.15, -0.1) is 0 Å². The minimum atomic E-state index is -1.60. The maximum Gasteiger partial charge on any atom is 0.249 e. The molecule has 0 aliphatic carbocycles. The quantitative estimate of drug-likeness (QED) is 0.0232. The molecule has 0 aromatic rings. The maximum atomic E-state index is 13.1. The van der Waals surface area contributed by atoms with Crippen LogP contribution >= 0.6 is 0 Å². The zero-order valence-electron chi connectivity index (χ0n) is 41.7. The molecule has 8 unspecified atom stereocenters. The second-order valence-electron chi connectivity index (χ2n) is 19.5. The van der Waals surface area contributed by atoms with Gasteiger partial charge >= 0.3 is 0 Å². The zero-order chi connectivity index (χ0) is 46.7. The van der Waals surface area contributed by atoms with Crippen LogP contribution in [0, 0.1) is 0 Å². The van der Waals surface area contributed by atoms with E-state index in [9.17, 15) is 35.4 Å². The Bertz CT molecular complexity index is 1030. The number of hydrogen-bond acceptors (Lipinski definition) is 9. The van der Waals surface area contributed by atoms with Gasteiger partial charge in [-0.25, -0.2) is 0 Å². The standard InChI is InChI=1S/C54H105NO9/c1-3-5-7-9-11-13-15-17-19-21-22-23-24-25-26-27-29-31-33-35-37-39-41-43-48(58)53(62)55-46(45-63-54-52(61)51(60)50(59)49(44-56)64-54)47(57)42-40-38-36-34-32-30-28-20-18-16-14-12-10-8-6-4-2/h25-26,46-52,54,56-61H,3-24,27-45H2,1-2H3,(H,55,62)/b26-25-. The third-order valence-corrected chi connectivity index (χ3v) is 13.5. The molecule has 0 bridgehead atoms. The maximum absolute atomic E-state index is 13.1. The smallest absolute Gasteiger partial charge is 0.249 e. The molecule has 0 aromatic heterocycles. The van der Waals surface area contributed by atoms with Crippen LogP contribution in [0.3, 0.4) is 0 Å². The highest BCUT2D eigenvalue weighted by molar-refractivity contribution is 5.80. The van der Waals surface area contributed by atoms with Crippen LogP contribution in [0.2, 0.25) is 0 Å². The molecule has 64 heavy (non-hydrogen) atoms. The van der Waals surface area contributed by atoms with Gasteiger partial charge in [0.05, 0.1) is 25.4 Å². The van der Waals surface area contributed by atoms with Crippen molar-refractivity contribution in [3.05, 3.63) is 12.2 Å². The molecule has 10 heteroatoms. The first-order valence-electron chi connectivity index (χ1n) is 27.5. The van der Waals surface area contributed by atoms with Crippen LogP contribution in [0.1, 0.15) is 264 Å². The number of aliphatic hydroxyl groups is 6. The molecule has 10 nitrogen and oxygen atoms in total. The summed E-state index contributed by atoms with van der Waals surface area (Å²) in [7, 11) is 0. The summed E-state index contributed by atoms with van der Waals surface area (Å²) in [5.41, 5.74) is 0. The molecule has 1 saturated heterocycles. The lowest BCUT2D eigenvalue weighted by molar-refractivity contribution is -0.302. The van der Waals surface area contributed by atoms with Crippen LogP contribution in [0.15, 0.2) is 12.2 Å². The Hall–Kier alpha value is -1.11. The molecule has 8 atom stereocenters. The van der Waals surface area contributed by atoms with Gasteiger partial charge in [-0.3, -0.25) is 4.79 Å². The summed E-state index contributed by atoms with van der Waals surface area (Å²) in [6, 6.07) is -0.893. The lowest BCUT2D eigenvalue weighted by Crippen LogP contribution is -2.60. The highest BCUT2D eigenvalue weighted by Crippen LogP contribution is 2.23. The SMILES string of the molecule is CCCCCCCCCCCCCC/C=C\CCCCCCCCCC(O)C(=O)NC(COC1OC(CO)C(O)C(O)C1O)C(O)CCCCCCCCCCCCCCCCCC. The summed E-state index contributed by atoms with van der Waals surface area (Å²) in [5, 5.41) is 65.1. The zero-order valence-corrected chi connectivity index (χ0v) is 41.7. The molecule has 0 spiro atoms. The molecule has 1 rings (SSSR count). The topological polar surface area (TPSA) is 169 Å². The molecule has 7 N–H and O–H groups in total. The number of carbonyl (C=O) groups excluding carboxylic acids is 1. The van der Waals surface area contributed by atoms with E-state index in [1.807, 2.05) is 0 Å². The molecule has 1 heterocycles. The first kappa shape index (κ1) is 60.9. The third-order valence-electron chi connectivity index (χ3n) is 13.5. The number of rotatable bonds is 47. The van der Waals surface area contributed by atoms with Gasteiger partial charge in [0.15, 0.2) is 6.29 Å². The largest absolute Gasteiger partial charge is 0.394 e. The predicted molar refractivity (Wildman–Crippen MR) is 264 cm³/mol. The van der Waals surface area contributed by atoms with Gasteiger partial charge in [0.1, 0.15) is 30.5 Å². The number of ether oxygens (including phenoxy) is 2. The molecule has 380 valence electrons. The fraction of sp³-hybridized carbons (Fsp3) is 0.944.